The largest absolute Gasteiger partial charge is 0.465 e. The van der Waals surface area contributed by atoms with E-state index in [1.165, 1.54) is 18.9 Å². The molecule has 0 saturated carbocycles. The number of esters is 1. The zero-order valence-corrected chi connectivity index (χ0v) is 25.3. The van der Waals surface area contributed by atoms with Gasteiger partial charge >= 0.3 is 5.97 Å². The second-order valence-electron chi connectivity index (χ2n) is 9.37. The van der Waals surface area contributed by atoms with Crippen LogP contribution in [0.2, 0.25) is 0 Å². The Morgan fingerprint density at radius 3 is 2.19 bits per heavy atom. The summed E-state index contributed by atoms with van der Waals surface area (Å²) >= 11 is 2.37. The molecule has 1 heterocycles. The molecular formula is C32H31N3O5S2. The van der Waals surface area contributed by atoms with Gasteiger partial charge in [-0.1, -0.05) is 49.4 Å². The maximum absolute atomic E-state index is 13.4. The van der Waals surface area contributed by atoms with Crippen LogP contribution in [0.15, 0.2) is 83.8 Å². The molecule has 0 spiro atoms. The van der Waals surface area contributed by atoms with Gasteiger partial charge in [0.2, 0.25) is 5.91 Å². The molecule has 1 atom stereocenters. The van der Waals surface area contributed by atoms with E-state index in [0.29, 0.717) is 33.8 Å². The van der Waals surface area contributed by atoms with Gasteiger partial charge in [-0.15, -0.1) is 23.1 Å². The molecule has 3 aromatic carbocycles. The Hall–Kier alpha value is -4.41. The van der Waals surface area contributed by atoms with Crippen LogP contribution in [-0.4, -0.2) is 36.1 Å². The number of anilines is 3. The number of carbonyl (C=O) groups is 4. The smallest absolute Gasteiger partial charge is 0.341 e. The minimum absolute atomic E-state index is 0.148. The standard InChI is InChI=1S/C32H31N3O5S2/c1-5-25(41-23-16-11-15-22(18-23)34-28(36)24-17-10-9-12-19(24)2)29(37)35-31-26(32(39)40-4)20(3)27(42-31)30(38)33-21-13-7-6-8-14-21/h6-18,25H,5H2,1-4H3,(H,33,38)(H,34,36)(H,35,37). The predicted octanol–water partition coefficient (Wildman–Crippen LogP) is 7.17. The minimum Gasteiger partial charge on any atom is -0.465 e. The Kier molecular flexibility index (Phi) is 10.2. The summed E-state index contributed by atoms with van der Waals surface area (Å²) < 4.78 is 4.96. The zero-order chi connectivity index (χ0) is 30.2. The van der Waals surface area contributed by atoms with Gasteiger partial charge in [0.1, 0.15) is 5.00 Å². The summed E-state index contributed by atoms with van der Waals surface area (Å²) in [5.41, 5.74) is 3.26. The lowest BCUT2D eigenvalue weighted by atomic mass is 10.1. The van der Waals surface area contributed by atoms with Crippen molar-refractivity contribution >= 4 is 63.2 Å². The number of nitrogens with one attached hydrogen (secondary N) is 3. The highest BCUT2D eigenvalue weighted by molar-refractivity contribution is 8.00. The molecule has 216 valence electrons. The van der Waals surface area contributed by atoms with Crippen molar-refractivity contribution in [2.45, 2.75) is 37.3 Å². The highest BCUT2D eigenvalue weighted by atomic mass is 32.2. The fourth-order valence-electron chi connectivity index (χ4n) is 4.23. The van der Waals surface area contributed by atoms with E-state index >= 15 is 0 Å². The number of aryl methyl sites for hydroxylation is 1. The number of carbonyl (C=O) groups excluding carboxylic acids is 4. The van der Waals surface area contributed by atoms with Crippen LogP contribution in [-0.2, 0) is 9.53 Å². The first kappa shape index (κ1) is 30.5. The Bertz CT molecular complexity index is 1620. The molecule has 8 nitrogen and oxygen atoms in total. The van der Waals surface area contributed by atoms with Gasteiger partial charge < -0.3 is 20.7 Å². The summed E-state index contributed by atoms with van der Waals surface area (Å²) in [4.78, 5) is 53.0. The first-order valence-corrected chi connectivity index (χ1v) is 14.9. The SMILES string of the molecule is CCC(Sc1cccc(NC(=O)c2ccccc2C)c1)C(=O)Nc1sc(C(=O)Nc2ccccc2)c(C)c1C(=O)OC. The fraction of sp³-hybridized carbons (Fsp3) is 0.188. The number of rotatable bonds is 10. The van der Waals surface area contributed by atoms with Gasteiger partial charge in [0, 0.05) is 21.8 Å². The number of ether oxygens (including phenoxy) is 1. The average molecular weight is 602 g/mol. The summed E-state index contributed by atoms with van der Waals surface area (Å²) in [5, 5.41) is 8.34. The first-order chi connectivity index (χ1) is 20.2. The molecule has 3 N–H and O–H groups in total. The normalized spacial score (nSPS) is 11.3. The molecular weight excluding hydrogens is 571 g/mol. The monoisotopic (exact) mass is 601 g/mol. The van der Waals surface area contributed by atoms with Crippen LogP contribution < -0.4 is 16.0 Å². The molecule has 0 aliphatic rings. The van der Waals surface area contributed by atoms with Crippen molar-refractivity contribution < 1.29 is 23.9 Å². The molecule has 10 heteroatoms. The van der Waals surface area contributed by atoms with Gasteiger partial charge in [0.05, 0.1) is 22.8 Å². The van der Waals surface area contributed by atoms with Gasteiger partial charge in [-0.2, -0.15) is 0 Å². The third kappa shape index (κ3) is 7.26. The van der Waals surface area contributed by atoms with E-state index < -0.39 is 11.2 Å². The summed E-state index contributed by atoms with van der Waals surface area (Å²) in [7, 11) is 1.25. The van der Waals surface area contributed by atoms with Crippen molar-refractivity contribution in [3.63, 3.8) is 0 Å². The lowest BCUT2D eigenvalue weighted by Gasteiger charge is -2.15. The number of hydrogen-bond donors (Lipinski definition) is 3. The molecule has 0 radical (unpaired) electrons. The highest BCUT2D eigenvalue weighted by Crippen LogP contribution is 2.36. The van der Waals surface area contributed by atoms with Crippen molar-refractivity contribution in [1.29, 1.82) is 0 Å². The number of amides is 3. The second kappa shape index (κ2) is 14.0. The maximum atomic E-state index is 13.4. The van der Waals surface area contributed by atoms with Crippen LogP contribution in [0.25, 0.3) is 0 Å². The van der Waals surface area contributed by atoms with Crippen molar-refractivity contribution in [1.82, 2.24) is 0 Å². The van der Waals surface area contributed by atoms with Crippen LogP contribution in [0.5, 0.6) is 0 Å². The first-order valence-electron chi connectivity index (χ1n) is 13.2. The number of methoxy groups -OCH3 is 1. The Balaban J connectivity index is 1.50. The van der Waals surface area contributed by atoms with E-state index in [2.05, 4.69) is 16.0 Å². The lowest BCUT2D eigenvalue weighted by molar-refractivity contribution is -0.115. The summed E-state index contributed by atoms with van der Waals surface area (Å²) in [6.07, 6.45) is 0.496. The second-order valence-corrected chi connectivity index (χ2v) is 11.7. The summed E-state index contributed by atoms with van der Waals surface area (Å²) in [5.74, 6) is -1.57. The number of thioether (sulfide) groups is 1. The van der Waals surface area contributed by atoms with Gasteiger partial charge in [-0.05, 0) is 67.8 Å². The van der Waals surface area contributed by atoms with Gasteiger partial charge in [-0.3, -0.25) is 14.4 Å². The van der Waals surface area contributed by atoms with E-state index in [9.17, 15) is 19.2 Å². The molecule has 0 aliphatic heterocycles. The third-order valence-corrected chi connectivity index (χ3v) is 9.00. The van der Waals surface area contributed by atoms with Crippen molar-refractivity contribution in [3.8, 4) is 0 Å². The fourth-order valence-corrected chi connectivity index (χ4v) is 6.33. The Labute approximate surface area is 252 Å². The molecule has 0 aliphatic carbocycles. The maximum Gasteiger partial charge on any atom is 0.341 e. The number of hydrogen-bond acceptors (Lipinski definition) is 7. The third-order valence-electron chi connectivity index (χ3n) is 6.43. The van der Waals surface area contributed by atoms with Gasteiger partial charge in [-0.25, -0.2) is 4.79 Å². The van der Waals surface area contributed by atoms with Crippen LogP contribution in [0.3, 0.4) is 0 Å². The minimum atomic E-state index is -0.643. The molecule has 0 saturated heterocycles. The van der Waals surface area contributed by atoms with Gasteiger partial charge in [0.25, 0.3) is 11.8 Å². The van der Waals surface area contributed by atoms with E-state index in [0.717, 1.165) is 21.8 Å². The molecule has 3 amide bonds. The molecule has 1 aromatic heterocycles. The van der Waals surface area contributed by atoms with E-state index in [4.69, 9.17) is 4.74 Å². The molecule has 42 heavy (non-hydrogen) atoms. The molecule has 0 fully saturated rings. The molecule has 4 aromatic rings. The Morgan fingerprint density at radius 1 is 0.833 bits per heavy atom. The summed E-state index contributed by atoms with van der Waals surface area (Å²) in [6.45, 7) is 5.42. The number of para-hydroxylation sites is 1. The summed E-state index contributed by atoms with van der Waals surface area (Å²) in [6, 6.07) is 23.6. The van der Waals surface area contributed by atoms with Crippen LogP contribution in [0.4, 0.5) is 16.4 Å². The quantitative estimate of drug-likeness (QED) is 0.131. The van der Waals surface area contributed by atoms with Crippen molar-refractivity contribution in [2.24, 2.45) is 0 Å². The van der Waals surface area contributed by atoms with Crippen LogP contribution in [0.1, 0.15) is 54.9 Å². The predicted molar refractivity (Wildman–Crippen MR) is 169 cm³/mol. The van der Waals surface area contributed by atoms with E-state index in [1.54, 1.807) is 43.3 Å². The topological polar surface area (TPSA) is 114 Å². The van der Waals surface area contributed by atoms with Crippen LogP contribution >= 0.6 is 23.1 Å². The molecule has 0 bridgehead atoms. The lowest BCUT2D eigenvalue weighted by Crippen LogP contribution is -2.25. The highest BCUT2D eigenvalue weighted by Gasteiger charge is 2.28. The van der Waals surface area contributed by atoms with E-state index in [-0.39, 0.29) is 28.3 Å². The average Bonchev–Trinajstić information content (AvgIpc) is 3.31. The number of benzene rings is 3. The number of thiophene rings is 1. The van der Waals surface area contributed by atoms with E-state index in [1.807, 2.05) is 56.3 Å². The van der Waals surface area contributed by atoms with Crippen molar-refractivity contribution in [3.05, 3.63) is 106 Å². The molecule has 4 rings (SSSR count). The molecule has 1 unspecified atom stereocenters. The van der Waals surface area contributed by atoms with Crippen LogP contribution in [0, 0.1) is 13.8 Å². The van der Waals surface area contributed by atoms with Crippen molar-refractivity contribution in [2.75, 3.05) is 23.1 Å². The Morgan fingerprint density at radius 2 is 1.50 bits per heavy atom. The zero-order valence-electron chi connectivity index (χ0n) is 23.6. The van der Waals surface area contributed by atoms with Gasteiger partial charge in [0.15, 0.2) is 0 Å².